The van der Waals surface area contributed by atoms with E-state index in [-0.39, 0.29) is 0 Å². The zero-order valence-electron chi connectivity index (χ0n) is 78.7. The third-order valence-electron chi connectivity index (χ3n) is 23.0. The molecular weight excluding hydrogens is 1330 g/mol. The van der Waals surface area contributed by atoms with Gasteiger partial charge in [0.2, 0.25) is 0 Å². The zero-order valence-corrected chi connectivity index (χ0v) is 78.7. The lowest BCUT2D eigenvalue weighted by Gasteiger charge is -2.37. The van der Waals surface area contributed by atoms with Crippen molar-refractivity contribution in [3.05, 3.63) is 283 Å². The standard InChI is InChI=1S/3C13H18.2C12H16.2C11H14.C10H12.8C2H6/c1-13(2)10-6-5-8-11-7-3-4-9-12(11)13;1-13(2)9-5-8-11-6-3-4-7-12(11)10-13;1-13(2)9-7-11-5-3-4-6-12(11)8-10-13;1-12(2)9-5-7-10-6-3-4-8-11(10)12;1-12(2)8-7-10-5-3-4-6-11(10)9-12;1-11(2)7-9-5-3-4-6-10(9)8-11;1-11(2)8-7-9-5-3-4-6-10(9)11;1-10(2)7-8-5-3-4-6-9(8)10;8*1-2/h3-4,7,9H,5-6,8,10H2,1-2H3;3-4,6-7H,5,8-10H2,1-2H3;3-6H,7-10H2,1-2H3;3-4,6,8H,5,7,9H2,1-2H3;3-6H,7-9H2,1-2H3;2*3-6H,7-8H2,1-2H3;3-6H,7H2,1-2H3;8*1-2H3. The molecule has 0 saturated heterocycles. The number of benzene rings is 8. The Morgan fingerprint density at radius 3 is 0.721 bits per heavy atom. The second kappa shape index (κ2) is 52.3. The molecule has 0 spiro atoms. The smallest absolute Gasteiger partial charge is 0.00604 e. The Morgan fingerprint density at radius 1 is 0.153 bits per heavy atom. The van der Waals surface area contributed by atoms with E-state index in [2.05, 4.69) is 305 Å². The van der Waals surface area contributed by atoms with Crippen LogP contribution in [0.3, 0.4) is 0 Å². The molecule has 16 rings (SSSR count). The Hall–Kier alpha value is -6.24. The molecule has 0 heteroatoms. The Kier molecular flexibility index (Phi) is 48.4. The number of hydrogen-bond acceptors (Lipinski definition) is 0. The van der Waals surface area contributed by atoms with Crippen molar-refractivity contribution in [2.45, 2.75) is 391 Å². The van der Waals surface area contributed by atoms with Crippen molar-refractivity contribution in [2.24, 2.45) is 21.7 Å². The van der Waals surface area contributed by atoms with Gasteiger partial charge in [-0.2, -0.15) is 0 Å². The molecule has 0 aliphatic heterocycles. The molecule has 8 aromatic rings. The highest BCUT2D eigenvalue weighted by atomic mass is 14.4. The quantitative estimate of drug-likeness (QED) is 0.133. The highest BCUT2D eigenvalue weighted by Gasteiger charge is 2.34. The van der Waals surface area contributed by atoms with Gasteiger partial charge in [-0.3, -0.25) is 0 Å². The Balaban J connectivity index is 0.000000618. The molecule has 8 aliphatic carbocycles. The Bertz CT molecular complexity index is 3670. The van der Waals surface area contributed by atoms with Gasteiger partial charge in [-0.25, -0.2) is 0 Å². The van der Waals surface area contributed by atoms with Gasteiger partial charge in [0.1, 0.15) is 0 Å². The van der Waals surface area contributed by atoms with Crippen LogP contribution in [0, 0.1) is 21.7 Å². The third kappa shape index (κ3) is 34.4. The number of fused-ring (bicyclic) bond motifs is 8. The van der Waals surface area contributed by atoms with Crippen LogP contribution in [0.15, 0.2) is 194 Å². The summed E-state index contributed by atoms with van der Waals surface area (Å²) in [6.07, 6.45) is 30.0. The Morgan fingerprint density at radius 2 is 0.369 bits per heavy atom. The molecule has 8 aliphatic rings. The van der Waals surface area contributed by atoms with Crippen LogP contribution in [0.5, 0.6) is 0 Å². The summed E-state index contributed by atoms with van der Waals surface area (Å²) in [6, 6.07) is 70.8. The summed E-state index contributed by atoms with van der Waals surface area (Å²) in [4.78, 5) is 0. The molecule has 0 aromatic heterocycles. The lowest BCUT2D eigenvalue weighted by atomic mass is 9.67. The maximum atomic E-state index is 2.39. The third-order valence-corrected chi connectivity index (χ3v) is 23.0. The first-order valence-corrected chi connectivity index (χ1v) is 45.6. The fourth-order valence-electron chi connectivity index (χ4n) is 16.9. The van der Waals surface area contributed by atoms with Crippen LogP contribution < -0.4 is 0 Å². The lowest BCUT2D eigenvalue weighted by Crippen LogP contribution is -2.31. The monoisotopic (exact) mass is 1510 g/mol. The molecular formula is C111H174. The van der Waals surface area contributed by atoms with Crippen LogP contribution in [0.2, 0.25) is 0 Å². The van der Waals surface area contributed by atoms with Gasteiger partial charge in [0.15, 0.2) is 0 Å². The first-order chi connectivity index (χ1) is 53.0. The number of rotatable bonds is 0. The molecule has 0 N–H and O–H groups in total. The normalized spacial score (nSPS) is 17.7. The molecule has 0 bridgehead atoms. The maximum Gasteiger partial charge on any atom is -0.00604 e. The highest BCUT2D eigenvalue weighted by Crippen LogP contribution is 2.43. The number of aryl methyl sites for hydroxylation is 7. The molecule has 0 heterocycles. The molecule has 0 nitrogen and oxygen atoms in total. The van der Waals surface area contributed by atoms with E-state index in [0.717, 1.165) is 0 Å². The summed E-state index contributed by atoms with van der Waals surface area (Å²) < 4.78 is 0. The van der Waals surface area contributed by atoms with Crippen molar-refractivity contribution in [1.82, 2.24) is 0 Å². The molecule has 111 heavy (non-hydrogen) atoms. The average molecular weight is 1510 g/mol. The van der Waals surface area contributed by atoms with Gasteiger partial charge in [0, 0.05) is 0 Å². The second-order valence-corrected chi connectivity index (χ2v) is 35.7. The van der Waals surface area contributed by atoms with Crippen molar-refractivity contribution in [3.8, 4) is 0 Å². The van der Waals surface area contributed by atoms with E-state index in [4.69, 9.17) is 0 Å². The first-order valence-electron chi connectivity index (χ1n) is 45.6. The van der Waals surface area contributed by atoms with E-state index in [1.807, 2.05) is 111 Å². The predicted molar refractivity (Wildman–Crippen MR) is 505 cm³/mol. The first kappa shape index (κ1) is 103. The predicted octanol–water partition coefficient (Wildman–Crippen LogP) is 33.8. The highest BCUT2D eigenvalue weighted by molar-refractivity contribution is 5.44. The molecule has 0 radical (unpaired) electrons. The van der Waals surface area contributed by atoms with Crippen LogP contribution in [-0.2, 0) is 98.7 Å². The van der Waals surface area contributed by atoms with Crippen LogP contribution in [0.25, 0.3) is 0 Å². The van der Waals surface area contributed by atoms with Crippen LogP contribution in [0.4, 0.5) is 0 Å². The van der Waals surface area contributed by atoms with Crippen LogP contribution in [0.1, 0.15) is 381 Å². The van der Waals surface area contributed by atoms with E-state index in [0.29, 0.717) is 43.3 Å². The molecule has 0 saturated carbocycles. The Labute approximate surface area is 691 Å². The SMILES string of the molecule is CC.CC.CC.CC.CC.CC.CC.CC.CC1(C)CCCCc2ccccc21.CC1(C)CCCc2ccccc21.CC1(C)CCCc2ccccc2C1.CC1(C)CCc2ccccc21.CC1(C)CCc2ccccc2C1.CC1(C)CCc2ccccc2CC1.CC1(C)Cc2ccccc21.CC1(C)Cc2ccccc2C1. The van der Waals surface area contributed by atoms with Crippen molar-refractivity contribution in [3.63, 3.8) is 0 Å². The minimum Gasteiger partial charge on any atom is -0.0683 e. The topological polar surface area (TPSA) is 0 Å². The summed E-state index contributed by atoms with van der Waals surface area (Å²) in [7, 11) is 0. The fraction of sp³-hybridized carbons (Fsp3) is 0.568. The summed E-state index contributed by atoms with van der Waals surface area (Å²) in [5.74, 6) is 0. The van der Waals surface area contributed by atoms with E-state index in [1.54, 1.807) is 77.9 Å². The lowest BCUT2D eigenvalue weighted by molar-refractivity contribution is 0.315. The van der Waals surface area contributed by atoms with E-state index >= 15 is 0 Å². The maximum absolute atomic E-state index is 2.39. The van der Waals surface area contributed by atoms with Gasteiger partial charge in [0.05, 0.1) is 0 Å². The van der Waals surface area contributed by atoms with Gasteiger partial charge in [-0.05, 0) is 274 Å². The van der Waals surface area contributed by atoms with Crippen LogP contribution in [-0.4, -0.2) is 0 Å². The van der Waals surface area contributed by atoms with Gasteiger partial charge >= 0.3 is 0 Å². The van der Waals surface area contributed by atoms with Crippen LogP contribution >= 0.6 is 0 Å². The van der Waals surface area contributed by atoms with Crippen molar-refractivity contribution in [1.29, 1.82) is 0 Å². The molecule has 0 atom stereocenters. The summed E-state index contributed by atoms with van der Waals surface area (Å²) in [5.41, 5.74) is 28.8. The molecule has 618 valence electrons. The van der Waals surface area contributed by atoms with Crippen molar-refractivity contribution < 1.29 is 0 Å². The fourth-order valence-corrected chi connectivity index (χ4v) is 16.9. The largest absolute Gasteiger partial charge is 0.0683 e. The van der Waals surface area contributed by atoms with Gasteiger partial charge in [-0.15, -0.1) is 0 Å². The summed E-state index contributed by atoms with van der Waals surface area (Å²) in [5, 5.41) is 0. The van der Waals surface area contributed by atoms with E-state index in [1.165, 1.54) is 159 Å². The van der Waals surface area contributed by atoms with Crippen molar-refractivity contribution in [2.75, 3.05) is 0 Å². The van der Waals surface area contributed by atoms with E-state index in [9.17, 15) is 0 Å². The van der Waals surface area contributed by atoms with Gasteiger partial charge in [0.25, 0.3) is 0 Å². The average Bonchev–Trinajstić information content (AvgIpc) is 1.64. The molecule has 8 aromatic carbocycles. The molecule has 0 amide bonds. The molecule has 0 unspecified atom stereocenters. The van der Waals surface area contributed by atoms with Gasteiger partial charge < -0.3 is 0 Å². The minimum atomic E-state index is 0.396. The second-order valence-electron chi connectivity index (χ2n) is 35.7. The van der Waals surface area contributed by atoms with E-state index < -0.39 is 0 Å². The number of hydrogen-bond donors (Lipinski definition) is 0. The van der Waals surface area contributed by atoms with Crippen molar-refractivity contribution >= 4 is 0 Å². The minimum absolute atomic E-state index is 0.396. The zero-order chi connectivity index (χ0) is 84.1. The summed E-state index contributed by atoms with van der Waals surface area (Å²) in [6.45, 7) is 69.7. The van der Waals surface area contributed by atoms with Gasteiger partial charge in [-0.1, -0.05) is 422 Å². The molecule has 0 fully saturated rings. The summed E-state index contributed by atoms with van der Waals surface area (Å²) >= 11 is 0.